The van der Waals surface area contributed by atoms with Crippen LogP contribution in [-0.4, -0.2) is 23.5 Å². The van der Waals surface area contributed by atoms with Crippen LogP contribution in [0.15, 0.2) is 30.5 Å². The Morgan fingerprint density at radius 2 is 2.28 bits per heavy atom. The molecular weight excluding hydrogens is 360 g/mol. The van der Waals surface area contributed by atoms with Crippen molar-refractivity contribution >= 4 is 34.9 Å². The van der Waals surface area contributed by atoms with Gasteiger partial charge in [0.1, 0.15) is 11.5 Å². The quantitative estimate of drug-likeness (QED) is 0.706. The molecule has 134 valence electrons. The molecule has 0 saturated carbocycles. The summed E-state index contributed by atoms with van der Waals surface area (Å²) in [6, 6.07) is 5.27. The molecule has 1 atom stereocenters. The molecule has 1 aromatic carbocycles. The molecule has 0 unspecified atom stereocenters. The summed E-state index contributed by atoms with van der Waals surface area (Å²) in [6.45, 7) is 6.09. The van der Waals surface area contributed by atoms with Crippen LogP contribution in [0.25, 0.3) is 6.08 Å². The highest BCUT2D eigenvalue weighted by atomic mass is 35.5. The molecule has 0 saturated heterocycles. The lowest BCUT2D eigenvalue weighted by molar-refractivity contribution is -0.119. The number of nitrogens with zero attached hydrogens (tertiary/aromatic N) is 1. The number of rotatable bonds is 8. The van der Waals surface area contributed by atoms with Gasteiger partial charge >= 0.3 is 0 Å². The Morgan fingerprint density at radius 1 is 1.48 bits per heavy atom. The third kappa shape index (κ3) is 6.40. The van der Waals surface area contributed by atoms with Crippen molar-refractivity contribution in [3.8, 4) is 16.7 Å². The van der Waals surface area contributed by atoms with E-state index in [0.29, 0.717) is 28.3 Å². The minimum absolute atomic E-state index is 0.0472. The minimum Gasteiger partial charge on any atom is -0.494 e. The topological polar surface area (TPSA) is 60.5 Å². The van der Waals surface area contributed by atoms with Gasteiger partial charge in [-0.25, -0.2) is 4.98 Å². The average Bonchev–Trinajstić information content (AvgIpc) is 3.00. The van der Waals surface area contributed by atoms with E-state index in [4.69, 9.17) is 21.1 Å². The van der Waals surface area contributed by atoms with E-state index in [-0.39, 0.29) is 11.9 Å². The van der Waals surface area contributed by atoms with E-state index >= 15 is 0 Å². The van der Waals surface area contributed by atoms with E-state index < -0.39 is 0 Å². The van der Waals surface area contributed by atoms with Gasteiger partial charge in [-0.15, -0.1) is 0 Å². The van der Waals surface area contributed by atoms with Gasteiger partial charge in [0.15, 0.2) is 0 Å². The Morgan fingerprint density at radius 3 is 2.96 bits per heavy atom. The smallest absolute Gasteiger partial charge is 0.279 e. The summed E-state index contributed by atoms with van der Waals surface area (Å²) in [5.41, 5.74) is 0. The molecule has 1 aromatic heterocycles. The number of ether oxygens (including phenoxy) is 2. The largest absolute Gasteiger partial charge is 0.494 e. The van der Waals surface area contributed by atoms with Crippen LogP contribution >= 0.6 is 22.9 Å². The van der Waals surface area contributed by atoms with Crippen LogP contribution in [0.2, 0.25) is 5.02 Å². The highest BCUT2D eigenvalue weighted by Gasteiger charge is 2.08. The predicted molar refractivity (Wildman–Crippen MR) is 102 cm³/mol. The molecule has 7 heteroatoms. The van der Waals surface area contributed by atoms with E-state index in [9.17, 15) is 4.79 Å². The van der Waals surface area contributed by atoms with Gasteiger partial charge in [0.25, 0.3) is 5.19 Å². The summed E-state index contributed by atoms with van der Waals surface area (Å²) in [7, 11) is 0. The van der Waals surface area contributed by atoms with Crippen molar-refractivity contribution in [2.24, 2.45) is 0 Å². The van der Waals surface area contributed by atoms with E-state index in [2.05, 4.69) is 10.3 Å². The van der Waals surface area contributed by atoms with Crippen molar-refractivity contribution in [1.29, 1.82) is 0 Å². The number of carbonyl (C=O) groups excluding carboxylic acids is 1. The van der Waals surface area contributed by atoms with Crippen LogP contribution in [0, 0.1) is 0 Å². The maximum atomic E-state index is 11.0. The van der Waals surface area contributed by atoms with Gasteiger partial charge in [-0.3, -0.25) is 4.79 Å². The van der Waals surface area contributed by atoms with Crippen molar-refractivity contribution in [2.75, 3.05) is 6.61 Å². The van der Waals surface area contributed by atoms with E-state index in [1.807, 2.05) is 32.1 Å². The van der Waals surface area contributed by atoms with Crippen molar-refractivity contribution < 1.29 is 14.3 Å². The van der Waals surface area contributed by atoms with E-state index in [1.165, 1.54) is 18.3 Å². The van der Waals surface area contributed by atoms with Gasteiger partial charge in [-0.1, -0.05) is 35.9 Å². The molecule has 2 aromatic rings. The summed E-state index contributed by atoms with van der Waals surface area (Å²) in [5.74, 6) is 1.18. The van der Waals surface area contributed by atoms with E-state index in [1.54, 1.807) is 18.3 Å². The third-order valence-corrected chi connectivity index (χ3v) is 4.19. The zero-order valence-electron chi connectivity index (χ0n) is 14.4. The van der Waals surface area contributed by atoms with Crippen LogP contribution in [0.4, 0.5) is 0 Å². The van der Waals surface area contributed by atoms with Crippen molar-refractivity contribution in [3.63, 3.8) is 0 Å². The van der Waals surface area contributed by atoms with Gasteiger partial charge in [0.05, 0.1) is 16.5 Å². The number of amides is 1. The summed E-state index contributed by atoms with van der Waals surface area (Å²) in [5, 5.41) is 3.75. The number of hydrogen-bond donors (Lipinski definition) is 1. The first-order valence-electron chi connectivity index (χ1n) is 7.99. The number of thiazole rings is 1. The molecule has 0 radical (unpaired) electrons. The van der Waals surface area contributed by atoms with Gasteiger partial charge < -0.3 is 14.8 Å². The fourth-order valence-corrected chi connectivity index (χ4v) is 2.87. The van der Waals surface area contributed by atoms with Crippen molar-refractivity contribution in [2.45, 2.75) is 33.2 Å². The van der Waals surface area contributed by atoms with Crippen molar-refractivity contribution in [1.82, 2.24) is 10.3 Å². The third-order valence-electron chi connectivity index (χ3n) is 3.06. The number of hydrogen-bond acceptors (Lipinski definition) is 5. The maximum absolute atomic E-state index is 11.0. The van der Waals surface area contributed by atoms with Gasteiger partial charge in [0, 0.05) is 25.2 Å². The number of benzene rings is 1. The first-order chi connectivity index (χ1) is 12.0. The fraction of sp³-hybridized carbons (Fsp3) is 0.333. The zero-order chi connectivity index (χ0) is 18.2. The normalized spacial score (nSPS) is 12.2. The number of aromatic nitrogens is 1. The van der Waals surface area contributed by atoms with Crippen LogP contribution in [0.3, 0.4) is 0 Å². The fourth-order valence-electron chi connectivity index (χ4n) is 1.97. The number of halogens is 1. The summed E-state index contributed by atoms with van der Waals surface area (Å²) in [4.78, 5) is 16.1. The molecule has 0 aliphatic carbocycles. The molecule has 0 spiro atoms. The SMILES string of the molecule is CCCOc1ccc(Oc2ncc(/C=C/[C@H](C)NC(C)=O)s2)c(Cl)c1. The second-order valence-electron chi connectivity index (χ2n) is 5.42. The Kier molecular flexibility index (Phi) is 7.28. The maximum Gasteiger partial charge on any atom is 0.279 e. The predicted octanol–water partition coefficient (Wildman–Crippen LogP) is 4.92. The summed E-state index contributed by atoms with van der Waals surface area (Å²) in [6.07, 6.45) is 6.44. The molecule has 1 amide bonds. The summed E-state index contributed by atoms with van der Waals surface area (Å²) < 4.78 is 11.3. The first-order valence-corrected chi connectivity index (χ1v) is 9.18. The minimum atomic E-state index is -0.0634. The van der Waals surface area contributed by atoms with Crippen molar-refractivity contribution in [3.05, 3.63) is 40.4 Å². The van der Waals surface area contributed by atoms with E-state index in [0.717, 1.165) is 11.3 Å². The van der Waals surface area contributed by atoms with Crippen LogP contribution in [0.5, 0.6) is 16.7 Å². The molecule has 0 fully saturated rings. The van der Waals surface area contributed by atoms with Crippen LogP contribution in [-0.2, 0) is 4.79 Å². The highest BCUT2D eigenvalue weighted by molar-refractivity contribution is 7.14. The molecule has 1 heterocycles. The molecule has 5 nitrogen and oxygen atoms in total. The first kappa shape index (κ1) is 19.3. The molecule has 0 aliphatic heterocycles. The lowest BCUT2D eigenvalue weighted by Crippen LogP contribution is -2.28. The second kappa shape index (κ2) is 9.44. The molecule has 0 bridgehead atoms. The number of carbonyl (C=O) groups is 1. The molecule has 2 rings (SSSR count). The highest BCUT2D eigenvalue weighted by Crippen LogP contribution is 2.34. The lowest BCUT2D eigenvalue weighted by atomic mass is 10.3. The van der Waals surface area contributed by atoms with Crippen LogP contribution in [0.1, 0.15) is 32.1 Å². The molecule has 25 heavy (non-hydrogen) atoms. The van der Waals surface area contributed by atoms with Gasteiger partial charge in [-0.2, -0.15) is 0 Å². The standard InChI is InChI=1S/C18H21ClN2O3S/c1-4-9-23-14-6-8-17(16(19)10-14)24-18-20-11-15(25-18)7-5-12(2)21-13(3)22/h5-8,10-12H,4,9H2,1-3H3,(H,21,22)/b7-5+/t12-/m0/s1. The lowest BCUT2D eigenvalue weighted by Gasteiger charge is -2.08. The second-order valence-corrected chi connectivity index (χ2v) is 6.85. The Hall–Kier alpha value is -2.05. The molecule has 0 aliphatic rings. The van der Waals surface area contributed by atoms with Crippen LogP contribution < -0.4 is 14.8 Å². The molecular formula is C18H21ClN2O3S. The van der Waals surface area contributed by atoms with Gasteiger partial charge in [0.2, 0.25) is 5.91 Å². The Balaban J connectivity index is 1.99. The monoisotopic (exact) mass is 380 g/mol. The zero-order valence-corrected chi connectivity index (χ0v) is 16.0. The summed E-state index contributed by atoms with van der Waals surface area (Å²) >= 11 is 7.63. The average molecular weight is 381 g/mol. The van der Waals surface area contributed by atoms with Gasteiger partial charge in [-0.05, 0) is 31.6 Å². The Labute approximate surface area is 156 Å². The Bertz CT molecular complexity index is 746. The molecule has 1 N–H and O–H groups in total. The number of nitrogens with one attached hydrogen (secondary N) is 1.